The van der Waals surface area contributed by atoms with Crippen molar-refractivity contribution < 1.29 is 13.9 Å². The molecule has 0 fully saturated rings. The highest BCUT2D eigenvalue weighted by molar-refractivity contribution is 9.10. The summed E-state index contributed by atoms with van der Waals surface area (Å²) < 4.78 is 19.8. The zero-order valence-electron chi connectivity index (χ0n) is 16.4. The summed E-state index contributed by atoms with van der Waals surface area (Å²) in [5.41, 5.74) is 1.68. The van der Waals surface area contributed by atoms with Gasteiger partial charge in [-0.2, -0.15) is 0 Å². The molecule has 0 saturated heterocycles. The fraction of sp³-hybridized carbons (Fsp3) is 0.0909. The Kier molecular flexibility index (Phi) is 8.27. The molecule has 0 spiro atoms. The standard InChI is InChI=1S/C22H19BrFN3O2S2/c1-29-20-8-3-2-7-19(20)27-22(30)25-15-5-4-6-16(12-15)31-13-21(28)26-18-10-9-14(23)11-17(18)24/h2-12H,13H2,1H3,(H,26,28)(H2,25,27,30). The Hall–Kier alpha value is -2.62. The maximum atomic E-state index is 13.9. The lowest BCUT2D eigenvalue weighted by molar-refractivity contribution is -0.113. The van der Waals surface area contributed by atoms with E-state index in [-0.39, 0.29) is 17.3 Å². The first-order chi connectivity index (χ1) is 14.9. The van der Waals surface area contributed by atoms with Gasteiger partial charge in [0.15, 0.2) is 5.11 Å². The summed E-state index contributed by atoms with van der Waals surface area (Å²) >= 11 is 9.91. The van der Waals surface area contributed by atoms with Crippen LogP contribution in [0.5, 0.6) is 5.75 Å². The molecule has 0 radical (unpaired) electrons. The highest BCUT2D eigenvalue weighted by Gasteiger charge is 2.09. The van der Waals surface area contributed by atoms with Gasteiger partial charge in [-0.05, 0) is 60.7 Å². The maximum absolute atomic E-state index is 13.9. The Bertz CT molecular complexity index is 1100. The van der Waals surface area contributed by atoms with Gasteiger partial charge in [0.1, 0.15) is 11.6 Å². The van der Waals surface area contributed by atoms with Crippen LogP contribution in [-0.4, -0.2) is 23.9 Å². The summed E-state index contributed by atoms with van der Waals surface area (Å²) in [7, 11) is 1.60. The van der Waals surface area contributed by atoms with Gasteiger partial charge in [0, 0.05) is 15.1 Å². The SMILES string of the molecule is COc1ccccc1NC(=S)Nc1cccc(SCC(=O)Nc2ccc(Br)cc2F)c1. The molecular formula is C22H19BrFN3O2S2. The van der Waals surface area contributed by atoms with Crippen LogP contribution >= 0.6 is 39.9 Å². The van der Waals surface area contributed by atoms with Crippen molar-refractivity contribution in [2.45, 2.75) is 4.90 Å². The monoisotopic (exact) mass is 519 g/mol. The highest BCUT2D eigenvalue weighted by atomic mass is 79.9. The van der Waals surface area contributed by atoms with Crippen molar-refractivity contribution in [3.63, 3.8) is 0 Å². The summed E-state index contributed by atoms with van der Waals surface area (Å²) in [4.78, 5) is 13.1. The molecule has 0 saturated carbocycles. The van der Waals surface area contributed by atoms with Crippen LogP contribution < -0.4 is 20.7 Å². The van der Waals surface area contributed by atoms with E-state index in [9.17, 15) is 9.18 Å². The third-order valence-corrected chi connectivity index (χ3v) is 5.71. The smallest absolute Gasteiger partial charge is 0.234 e. The number of halogens is 2. The molecule has 0 unspecified atom stereocenters. The van der Waals surface area contributed by atoms with Crippen LogP contribution in [0.1, 0.15) is 0 Å². The topological polar surface area (TPSA) is 62.4 Å². The molecule has 0 aliphatic carbocycles. The zero-order valence-corrected chi connectivity index (χ0v) is 19.7. The molecule has 0 bridgehead atoms. The van der Waals surface area contributed by atoms with Gasteiger partial charge in [-0.15, -0.1) is 11.8 Å². The molecule has 1 amide bonds. The maximum Gasteiger partial charge on any atom is 0.234 e. The molecule has 31 heavy (non-hydrogen) atoms. The Morgan fingerprint density at radius 3 is 2.61 bits per heavy atom. The molecule has 3 aromatic carbocycles. The Morgan fingerprint density at radius 1 is 1.03 bits per heavy atom. The number of hydrogen-bond acceptors (Lipinski definition) is 4. The number of amides is 1. The molecule has 160 valence electrons. The fourth-order valence-electron chi connectivity index (χ4n) is 2.62. The normalized spacial score (nSPS) is 10.3. The second kappa shape index (κ2) is 11.1. The van der Waals surface area contributed by atoms with E-state index >= 15 is 0 Å². The van der Waals surface area contributed by atoms with Crippen molar-refractivity contribution >= 4 is 68.0 Å². The summed E-state index contributed by atoms with van der Waals surface area (Å²) in [6.45, 7) is 0. The second-order valence-electron chi connectivity index (χ2n) is 6.27. The number of rotatable bonds is 7. The Balaban J connectivity index is 1.55. The van der Waals surface area contributed by atoms with Gasteiger partial charge in [-0.1, -0.05) is 34.1 Å². The molecule has 0 aliphatic heterocycles. The Morgan fingerprint density at radius 2 is 1.84 bits per heavy atom. The van der Waals surface area contributed by atoms with Crippen molar-refractivity contribution in [3.05, 3.63) is 77.0 Å². The quantitative estimate of drug-likeness (QED) is 0.257. The third-order valence-electron chi connectivity index (χ3n) is 4.02. The van der Waals surface area contributed by atoms with Gasteiger partial charge < -0.3 is 20.7 Å². The van der Waals surface area contributed by atoms with Crippen LogP contribution in [0.3, 0.4) is 0 Å². The fourth-order valence-corrected chi connectivity index (χ4v) is 3.94. The number of methoxy groups -OCH3 is 1. The van der Waals surface area contributed by atoms with Crippen molar-refractivity contribution in [1.82, 2.24) is 0 Å². The molecule has 0 heterocycles. The van der Waals surface area contributed by atoms with Gasteiger partial charge in [0.05, 0.1) is 24.2 Å². The zero-order chi connectivity index (χ0) is 22.2. The molecule has 5 nitrogen and oxygen atoms in total. The summed E-state index contributed by atoms with van der Waals surface area (Å²) in [5, 5.41) is 9.21. The van der Waals surface area contributed by atoms with Crippen LogP contribution in [0.25, 0.3) is 0 Å². The number of carbonyl (C=O) groups excluding carboxylic acids is 1. The first-order valence-corrected chi connectivity index (χ1v) is 11.3. The van der Waals surface area contributed by atoms with Gasteiger partial charge in [-0.25, -0.2) is 4.39 Å². The number of anilines is 3. The van der Waals surface area contributed by atoms with Gasteiger partial charge >= 0.3 is 0 Å². The lowest BCUT2D eigenvalue weighted by Gasteiger charge is -2.14. The van der Waals surface area contributed by atoms with E-state index in [0.29, 0.717) is 15.3 Å². The lowest BCUT2D eigenvalue weighted by atomic mass is 10.3. The molecule has 0 atom stereocenters. The molecule has 0 aliphatic rings. The van der Waals surface area contributed by atoms with Gasteiger partial charge in [0.2, 0.25) is 5.91 Å². The molecule has 3 aromatic rings. The summed E-state index contributed by atoms with van der Waals surface area (Å²) in [5.74, 6) is 0.0418. The number of thiocarbonyl (C=S) groups is 1. The van der Waals surface area contributed by atoms with Crippen molar-refractivity contribution in [2.75, 3.05) is 28.8 Å². The van der Waals surface area contributed by atoms with E-state index in [2.05, 4.69) is 31.9 Å². The lowest BCUT2D eigenvalue weighted by Crippen LogP contribution is -2.19. The molecule has 3 rings (SSSR count). The summed E-state index contributed by atoms with van der Waals surface area (Å²) in [6.07, 6.45) is 0. The van der Waals surface area contributed by atoms with Crippen LogP contribution in [0.4, 0.5) is 21.5 Å². The van der Waals surface area contributed by atoms with E-state index < -0.39 is 5.82 Å². The predicted molar refractivity (Wildman–Crippen MR) is 133 cm³/mol. The first-order valence-electron chi connectivity index (χ1n) is 9.13. The molecule has 0 aromatic heterocycles. The number of carbonyl (C=O) groups is 1. The second-order valence-corrected chi connectivity index (χ2v) is 8.64. The van der Waals surface area contributed by atoms with E-state index in [1.165, 1.54) is 23.9 Å². The largest absolute Gasteiger partial charge is 0.495 e. The van der Waals surface area contributed by atoms with E-state index in [1.807, 2.05) is 48.5 Å². The number of thioether (sulfide) groups is 1. The number of nitrogens with one attached hydrogen (secondary N) is 3. The highest BCUT2D eigenvalue weighted by Crippen LogP contribution is 2.25. The van der Waals surface area contributed by atoms with E-state index in [0.717, 1.165) is 16.3 Å². The average Bonchev–Trinajstić information content (AvgIpc) is 2.75. The van der Waals surface area contributed by atoms with Gasteiger partial charge in [0.25, 0.3) is 0 Å². The van der Waals surface area contributed by atoms with Crippen LogP contribution in [0, 0.1) is 5.82 Å². The molecule has 9 heteroatoms. The minimum atomic E-state index is -0.491. The molecule has 3 N–H and O–H groups in total. The minimum Gasteiger partial charge on any atom is -0.495 e. The number of benzene rings is 3. The van der Waals surface area contributed by atoms with Crippen molar-refractivity contribution in [1.29, 1.82) is 0 Å². The number of para-hydroxylation sites is 2. The summed E-state index contributed by atoms with van der Waals surface area (Å²) in [6, 6.07) is 19.5. The third kappa shape index (κ3) is 6.95. The van der Waals surface area contributed by atoms with Gasteiger partial charge in [-0.3, -0.25) is 4.79 Å². The minimum absolute atomic E-state index is 0.142. The number of hydrogen-bond donors (Lipinski definition) is 3. The van der Waals surface area contributed by atoms with E-state index in [1.54, 1.807) is 13.2 Å². The van der Waals surface area contributed by atoms with Crippen LogP contribution in [0.2, 0.25) is 0 Å². The Labute approximate surface area is 197 Å². The van der Waals surface area contributed by atoms with Crippen molar-refractivity contribution in [2.24, 2.45) is 0 Å². The number of ether oxygens (including phenoxy) is 1. The average molecular weight is 520 g/mol. The van der Waals surface area contributed by atoms with Crippen molar-refractivity contribution in [3.8, 4) is 5.75 Å². The van der Waals surface area contributed by atoms with E-state index in [4.69, 9.17) is 17.0 Å². The predicted octanol–water partition coefficient (Wildman–Crippen LogP) is 6.14. The van der Waals surface area contributed by atoms with Crippen LogP contribution in [-0.2, 0) is 4.79 Å². The molecular weight excluding hydrogens is 501 g/mol. The van der Waals surface area contributed by atoms with Crippen LogP contribution in [0.15, 0.2) is 76.1 Å². The first kappa shape index (κ1) is 23.1.